The molecule has 9 rings (SSSR count). The summed E-state index contributed by atoms with van der Waals surface area (Å²) in [5.74, 6) is 0.559. The van der Waals surface area contributed by atoms with Crippen LogP contribution in [-0.4, -0.2) is 25.1 Å². The summed E-state index contributed by atoms with van der Waals surface area (Å²) in [7, 11) is 0. The van der Waals surface area contributed by atoms with Crippen molar-refractivity contribution in [1.82, 2.24) is 25.1 Å². The van der Waals surface area contributed by atoms with Crippen LogP contribution in [0.1, 0.15) is 0 Å². The molecule has 45 heavy (non-hydrogen) atoms. The first-order valence-electron chi connectivity index (χ1n) is 14.7. The molecular formula is C39H23N5O. The lowest BCUT2D eigenvalue weighted by Gasteiger charge is -2.11. The average Bonchev–Trinajstić information content (AvgIpc) is 3.56. The van der Waals surface area contributed by atoms with Gasteiger partial charge in [-0.05, 0) is 77.4 Å². The van der Waals surface area contributed by atoms with Crippen molar-refractivity contribution in [1.29, 1.82) is 0 Å². The van der Waals surface area contributed by atoms with Crippen LogP contribution in [0.15, 0.2) is 144 Å². The molecule has 0 saturated heterocycles. The van der Waals surface area contributed by atoms with E-state index in [-0.39, 0.29) is 0 Å². The standard InChI is InChI=1S/C39H23N5O/c1-2-11-33-27(7-1)22-35(44-43-33)30-19-29(20-31(21-30)39-42-34-12-3-4-13-36(34)45-39)25-8-5-9-26(17-25)32-18-28-15-14-24-10-6-16-40-37(24)38(28)41-23-32/h1-23H. The summed E-state index contributed by atoms with van der Waals surface area (Å²) >= 11 is 0. The molecule has 0 spiro atoms. The molecule has 0 aliphatic heterocycles. The fourth-order valence-electron chi connectivity index (χ4n) is 5.96. The van der Waals surface area contributed by atoms with Crippen LogP contribution in [-0.2, 0) is 0 Å². The molecule has 6 nitrogen and oxygen atoms in total. The van der Waals surface area contributed by atoms with Crippen molar-refractivity contribution < 1.29 is 4.42 Å². The monoisotopic (exact) mass is 577 g/mol. The Kier molecular flexibility index (Phi) is 5.71. The van der Waals surface area contributed by atoms with Gasteiger partial charge in [0.15, 0.2) is 5.58 Å². The van der Waals surface area contributed by atoms with Gasteiger partial charge < -0.3 is 4.42 Å². The minimum absolute atomic E-state index is 0.559. The van der Waals surface area contributed by atoms with Crippen LogP contribution in [0.3, 0.4) is 0 Å². The van der Waals surface area contributed by atoms with Crippen LogP contribution < -0.4 is 0 Å². The van der Waals surface area contributed by atoms with E-state index in [1.807, 2.05) is 60.9 Å². The molecule has 0 bridgehead atoms. The summed E-state index contributed by atoms with van der Waals surface area (Å²) in [6.07, 6.45) is 3.74. The molecule has 5 aromatic carbocycles. The molecule has 0 amide bonds. The summed E-state index contributed by atoms with van der Waals surface area (Å²) in [4.78, 5) is 14.2. The largest absolute Gasteiger partial charge is 0.436 e. The van der Waals surface area contributed by atoms with Crippen LogP contribution >= 0.6 is 0 Å². The highest BCUT2D eigenvalue weighted by atomic mass is 16.3. The van der Waals surface area contributed by atoms with Gasteiger partial charge in [0.2, 0.25) is 5.89 Å². The molecule has 0 saturated carbocycles. The van der Waals surface area contributed by atoms with Gasteiger partial charge in [0.05, 0.1) is 22.2 Å². The van der Waals surface area contributed by atoms with Crippen LogP contribution in [0.25, 0.3) is 88.8 Å². The summed E-state index contributed by atoms with van der Waals surface area (Å²) in [6, 6.07) is 43.2. The smallest absolute Gasteiger partial charge is 0.227 e. The van der Waals surface area contributed by atoms with Gasteiger partial charge in [0, 0.05) is 45.2 Å². The highest BCUT2D eigenvalue weighted by Crippen LogP contribution is 2.36. The van der Waals surface area contributed by atoms with Gasteiger partial charge in [-0.15, -0.1) is 10.2 Å². The van der Waals surface area contributed by atoms with Gasteiger partial charge in [0.25, 0.3) is 0 Å². The predicted molar refractivity (Wildman–Crippen MR) is 179 cm³/mol. The van der Waals surface area contributed by atoms with Crippen molar-refractivity contribution in [2.75, 3.05) is 0 Å². The molecule has 0 radical (unpaired) electrons. The van der Waals surface area contributed by atoms with Crippen LogP contribution in [0.5, 0.6) is 0 Å². The van der Waals surface area contributed by atoms with Crippen molar-refractivity contribution >= 4 is 43.8 Å². The van der Waals surface area contributed by atoms with E-state index in [1.54, 1.807) is 0 Å². The SMILES string of the molecule is c1cc(-c2cc(-c3cc4ccccc4nn3)cc(-c3nc4ccccc4o3)c2)cc(-c2cnc3c(ccc4cccnc43)c2)c1. The summed E-state index contributed by atoms with van der Waals surface area (Å²) in [5.41, 5.74) is 11.0. The summed E-state index contributed by atoms with van der Waals surface area (Å²) in [5, 5.41) is 12.3. The maximum absolute atomic E-state index is 6.21. The number of para-hydroxylation sites is 2. The number of aromatic nitrogens is 5. The van der Waals surface area contributed by atoms with E-state index >= 15 is 0 Å². The molecule has 9 aromatic rings. The van der Waals surface area contributed by atoms with E-state index in [1.165, 1.54) is 0 Å². The zero-order chi connectivity index (χ0) is 29.7. The number of benzene rings is 5. The molecule has 0 N–H and O–H groups in total. The van der Waals surface area contributed by atoms with E-state index in [9.17, 15) is 0 Å². The Bertz CT molecular complexity index is 2540. The lowest BCUT2D eigenvalue weighted by atomic mass is 9.95. The molecule has 0 unspecified atom stereocenters. The van der Waals surface area contributed by atoms with Crippen LogP contribution in [0.2, 0.25) is 0 Å². The number of nitrogens with zero attached hydrogens (tertiary/aromatic N) is 5. The Morgan fingerprint density at radius 3 is 2.11 bits per heavy atom. The van der Waals surface area contributed by atoms with Crippen molar-refractivity contribution in [2.45, 2.75) is 0 Å². The van der Waals surface area contributed by atoms with E-state index in [0.29, 0.717) is 5.89 Å². The zero-order valence-corrected chi connectivity index (χ0v) is 23.9. The van der Waals surface area contributed by atoms with Gasteiger partial charge in [-0.1, -0.05) is 66.7 Å². The van der Waals surface area contributed by atoms with Gasteiger partial charge in [-0.25, -0.2) is 4.98 Å². The Balaban J connectivity index is 1.19. The Hall–Kier alpha value is -6.27. The lowest BCUT2D eigenvalue weighted by Crippen LogP contribution is -1.92. The Labute approximate surface area is 257 Å². The first-order valence-corrected chi connectivity index (χ1v) is 14.7. The number of rotatable bonds is 4. The number of fused-ring (bicyclic) bond motifs is 5. The number of oxazole rings is 1. The van der Waals surface area contributed by atoms with Crippen molar-refractivity contribution in [3.05, 3.63) is 140 Å². The Morgan fingerprint density at radius 1 is 0.444 bits per heavy atom. The van der Waals surface area contributed by atoms with E-state index < -0.39 is 0 Å². The topological polar surface area (TPSA) is 77.6 Å². The predicted octanol–water partition coefficient (Wildman–Crippen LogP) is 9.54. The minimum atomic E-state index is 0.559. The molecule has 0 aliphatic rings. The fraction of sp³-hybridized carbons (Fsp3) is 0. The van der Waals surface area contributed by atoms with Crippen LogP contribution in [0, 0.1) is 0 Å². The third-order valence-corrected chi connectivity index (χ3v) is 8.22. The van der Waals surface area contributed by atoms with Gasteiger partial charge in [-0.2, -0.15) is 0 Å². The molecule has 210 valence electrons. The van der Waals surface area contributed by atoms with Gasteiger partial charge in [0.1, 0.15) is 5.52 Å². The second kappa shape index (κ2) is 10.2. The third kappa shape index (κ3) is 4.48. The Morgan fingerprint density at radius 2 is 1.18 bits per heavy atom. The number of hydrogen-bond acceptors (Lipinski definition) is 6. The zero-order valence-electron chi connectivity index (χ0n) is 23.9. The highest BCUT2D eigenvalue weighted by Gasteiger charge is 2.15. The minimum Gasteiger partial charge on any atom is -0.436 e. The maximum Gasteiger partial charge on any atom is 0.227 e. The van der Waals surface area contributed by atoms with E-state index in [4.69, 9.17) is 14.4 Å². The lowest BCUT2D eigenvalue weighted by molar-refractivity contribution is 0.620. The molecule has 0 aliphatic carbocycles. The van der Waals surface area contributed by atoms with Gasteiger partial charge >= 0.3 is 0 Å². The van der Waals surface area contributed by atoms with Crippen molar-refractivity contribution in [3.63, 3.8) is 0 Å². The molecule has 0 atom stereocenters. The van der Waals surface area contributed by atoms with E-state index in [2.05, 4.69) is 94.0 Å². The molecular weight excluding hydrogens is 554 g/mol. The molecule has 4 heterocycles. The first kappa shape index (κ1) is 25.2. The molecule has 4 aromatic heterocycles. The second-order valence-corrected chi connectivity index (χ2v) is 11.1. The quantitative estimate of drug-likeness (QED) is 0.194. The maximum atomic E-state index is 6.21. The number of hydrogen-bond donors (Lipinski definition) is 0. The normalized spacial score (nSPS) is 11.6. The molecule has 6 heteroatoms. The van der Waals surface area contributed by atoms with Gasteiger partial charge in [-0.3, -0.25) is 9.97 Å². The third-order valence-electron chi connectivity index (χ3n) is 8.22. The summed E-state index contributed by atoms with van der Waals surface area (Å²) < 4.78 is 6.21. The van der Waals surface area contributed by atoms with Crippen LogP contribution in [0.4, 0.5) is 0 Å². The summed E-state index contributed by atoms with van der Waals surface area (Å²) in [6.45, 7) is 0. The highest BCUT2D eigenvalue weighted by molar-refractivity contribution is 6.03. The fourth-order valence-corrected chi connectivity index (χ4v) is 5.96. The second-order valence-electron chi connectivity index (χ2n) is 11.1. The molecule has 0 fully saturated rings. The van der Waals surface area contributed by atoms with Crippen molar-refractivity contribution in [2.24, 2.45) is 0 Å². The average molecular weight is 578 g/mol. The first-order chi connectivity index (χ1) is 22.2. The van der Waals surface area contributed by atoms with Crippen molar-refractivity contribution in [3.8, 4) is 45.0 Å². The number of pyridine rings is 2. The van der Waals surface area contributed by atoms with E-state index in [0.717, 1.165) is 82.9 Å².